The molecular formula is C24H18N2O3. The number of amides is 1. The summed E-state index contributed by atoms with van der Waals surface area (Å²) in [6.07, 6.45) is 0. The third-order valence-corrected chi connectivity index (χ3v) is 4.53. The molecule has 0 spiro atoms. The third-order valence-electron chi connectivity index (χ3n) is 4.53. The zero-order valence-electron chi connectivity index (χ0n) is 15.5. The van der Waals surface area contributed by atoms with Crippen LogP contribution in [0.25, 0.3) is 11.0 Å². The Labute approximate surface area is 168 Å². The molecule has 5 heteroatoms. The van der Waals surface area contributed by atoms with Crippen molar-refractivity contribution in [2.75, 3.05) is 6.61 Å². The van der Waals surface area contributed by atoms with E-state index >= 15 is 0 Å². The summed E-state index contributed by atoms with van der Waals surface area (Å²) in [5, 5.41) is 13.1. The smallest absolute Gasteiger partial charge is 0.258 e. The Morgan fingerprint density at radius 2 is 1.72 bits per heavy atom. The topological polar surface area (TPSA) is 75.3 Å². The maximum absolute atomic E-state index is 12.6. The van der Waals surface area contributed by atoms with Crippen LogP contribution in [0.5, 0.6) is 5.75 Å². The Morgan fingerprint density at radius 3 is 2.52 bits per heavy atom. The summed E-state index contributed by atoms with van der Waals surface area (Å²) in [7, 11) is 0. The number of para-hydroxylation sites is 2. The van der Waals surface area contributed by atoms with Gasteiger partial charge >= 0.3 is 0 Å². The fourth-order valence-corrected chi connectivity index (χ4v) is 3.14. The lowest BCUT2D eigenvalue weighted by Crippen LogP contribution is -2.33. The van der Waals surface area contributed by atoms with Crippen molar-refractivity contribution in [1.29, 1.82) is 5.26 Å². The van der Waals surface area contributed by atoms with Gasteiger partial charge < -0.3 is 14.5 Å². The molecule has 4 rings (SSSR count). The van der Waals surface area contributed by atoms with Gasteiger partial charge in [-0.15, -0.1) is 0 Å². The van der Waals surface area contributed by atoms with Gasteiger partial charge in [-0.3, -0.25) is 4.79 Å². The summed E-state index contributed by atoms with van der Waals surface area (Å²) in [4.78, 5) is 12.6. The van der Waals surface area contributed by atoms with E-state index < -0.39 is 6.04 Å². The predicted octanol–water partition coefficient (Wildman–Crippen LogP) is 4.59. The van der Waals surface area contributed by atoms with Gasteiger partial charge in [-0.2, -0.15) is 5.26 Å². The summed E-state index contributed by atoms with van der Waals surface area (Å²) >= 11 is 0. The number of fused-ring (bicyclic) bond motifs is 1. The van der Waals surface area contributed by atoms with Crippen molar-refractivity contribution in [2.24, 2.45) is 0 Å². The highest BCUT2D eigenvalue weighted by Gasteiger charge is 2.21. The van der Waals surface area contributed by atoms with Gasteiger partial charge in [0.05, 0.1) is 5.56 Å². The van der Waals surface area contributed by atoms with Crippen LogP contribution >= 0.6 is 0 Å². The van der Waals surface area contributed by atoms with E-state index in [9.17, 15) is 4.79 Å². The van der Waals surface area contributed by atoms with Gasteiger partial charge in [-0.25, -0.2) is 0 Å². The van der Waals surface area contributed by atoms with Crippen LogP contribution in [0.15, 0.2) is 89.3 Å². The van der Waals surface area contributed by atoms with E-state index in [1.54, 1.807) is 24.3 Å². The molecule has 1 atom stereocenters. The predicted molar refractivity (Wildman–Crippen MR) is 109 cm³/mol. The molecule has 1 heterocycles. The number of nitrogens with zero attached hydrogens (tertiary/aromatic N) is 1. The standard InChI is InChI=1S/C24H18N2O3/c25-15-19-11-5-6-12-20(19)28-16-23(27)26-24(17-8-2-1-3-9-17)22-14-18-10-4-7-13-21(18)29-22/h1-14,24H,16H2,(H,26,27). The monoisotopic (exact) mass is 382 g/mol. The number of benzene rings is 3. The van der Waals surface area contributed by atoms with Gasteiger partial charge in [0.1, 0.15) is 29.2 Å². The number of ether oxygens (including phenoxy) is 1. The molecule has 0 fully saturated rings. The number of nitrogens with one attached hydrogen (secondary N) is 1. The minimum Gasteiger partial charge on any atom is -0.482 e. The number of hydrogen-bond donors (Lipinski definition) is 1. The van der Waals surface area contributed by atoms with Gasteiger partial charge in [-0.05, 0) is 29.8 Å². The largest absolute Gasteiger partial charge is 0.482 e. The summed E-state index contributed by atoms with van der Waals surface area (Å²) < 4.78 is 11.5. The maximum atomic E-state index is 12.6. The van der Waals surface area contributed by atoms with Crippen LogP contribution < -0.4 is 10.1 Å². The first-order valence-electron chi connectivity index (χ1n) is 9.19. The Kier molecular flexibility index (Phi) is 5.26. The average Bonchev–Trinajstić information content (AvgIpc) is 3.20. The van der Waals surface area contributed by atoms with Crippen LogP contribution in [0.2, 0.25) is 0 Å². The number of rotatable bonds is 6. The van der Waals surface area contributed by atoms with E-state index in [0.29, 0.717) is 17.1 Å². The van der Waals surface area contributed by atoms with E-state index in [4.69, 9.17) is 14.4 Å². The molecule has 4 aromatic rings. The van der Waals surface area contributed by atoms with Crippen LogP contribution in [-0.2, 0) is 4.79 Å². The molecule has 0 aliphatic carbocycles. The molecule has 1 amide bonds. The summed E-state index contributed by atoms with van der Waals surface area (Å²) in [5.74, 6) is 0.709. The van der Waals surface area contributed by atoms with Crippen molar-refractivity contribution in [3.05, 3.63) is 102 Å². The summed E-state index contributed by atoms with van der Waals surface area (Å²) in [6, 6.07) is 27.7. The second kappa shape index (κ2) is 8.32. The highest BCUT2D eigenvalue weighted by atomic mass is 16.5. The van der Waals surface area contributed by atoms with E-state index in [2.05, 4.69) is 11.4 Å². The number of carbonyl (C=O) groups excluding carboxylic acids is 1. The van der Waals surface area contributed by atoms with E-state index in [1.165, 1.54) is 0 Å². The SMILES string of the molecule is N#Cc1ccccc1OCC(=O)NC(c1ccccc1)c1cc2ccccc2o1. The molecule has 0 saturated heterocycles. The zero-order chi connectivity index (χ0) is 20.1. The molecule has 5 nitrogen and oxygen atoms in total. The van der Waals surface area contributed by atoms with Gasteiger partial charge in [0.2, 0.25) is 0 Å². The van der Waals surface area contributed by atoms with Crippen molar-refractivity contribution < 1.29 is 13.9 Å². The fourth-order valence-electron chi connectivity index (χ4n) is 3.14. The molecule has 142 valence electrons. The highest BCUT2D eigenvalue weighted by Crippen LogP contribution is 2.28. The third kappa shape index (κ3) is 4.12. The van der Waals surface area contributed by atoms with Crippen molar-refractivity contribution in [3.8, 4) is 11.8 Å². The lowest BCUT2D eigenvalue weighted by atomic mass is 10.0. The molecule has 0 saturated carbocycles. The van der Waals surface area contributed by atoms with Crippen LogP contribution in [0, 0.1) is 11.3 Å². The first-order valence-corrected chi connectivity index (χ1v) is 9.19. The molecule has 29 heavy (non-hydrogen) atoms. The number of hydrogen-bond acceptors (Lipinski definition) is 4. The number of furan rings is 1. The Morgan fingerprint density at radius 1 is 1.00 bits per heavy atom. The minimum atomic E-state index is -0.453. The zero-order valence-corrected chi connectivity index (χ0v) is 15.5. The van der Waals surface area contributed by atoms with Crippen LogP contribution in [-0.4, -0.2) is 12.5 Å². The van der Waals surface area contributed by atoms with Crippen molar-refractivity contribution in [2.45, 2.75) is 6.04 Å². The first-order chi connectivity index (χ1) is 14.2. The molecule has 1 N–H and O–H groups in total. The quantitative estimate of drug-likeness (QED) is 0.529. The fraction of sp³-hybridized carbons (Fsp3) is 0.0833. The molecular weight excluding hydrogens is 364 g/mol. The normalized spacial score (nSPS) is 11.6. The molecule has 0 bridgehead atoms. The molecule has 0 radical (unpaired) electrons. The van der Waals surface area contributed by atoms with E-state index in [-0.39, 0.29) is 12.5 Å². The van der Waals surface area contributed by atoms with Crippen molar-refractivity contribution >= 4 is 16.9 Å². The molecule has 0 aliphatic rings. The van der Waals surface area contributed by atoms with Crippen LogP contribution in [0.4, 0.5) is 0 Å². The van der Waals surface area contributed by atoms with E-state index in [0.717, 1.165) is 16.5 Å². The summed E-state index contributed by atoms with van der Waals surface area (Å²) in [5.41, 5.74) is 2.05. The lowest BCUT2D eigenvalue weighted by Gasteiger charge is -2.17. The molecule has 3 aromatic carbocycles. The Balaban J connectivity index is 1.55. The first kappa shape index (κ1) is 18.3. The van der Waals surface area contributed by atoms with Crippen molar-refractivity contribution in [1.82, 2.24) is 5.32 Å². The van der Waals surface area contributed by atoms with Crippen LogP contribution in [0.3, 0.4) is 0 Å². The van der Waals surface area contributed by atoms with Gasteiger partial charge in [0.25, 0.3) is 5.91 Å². The van der Waals surface area contributed by atoms with E-state index in [1.807, 2.05) is 60.7 Å². The number of carbonyl (C=O) groups is 1. The maximum Gasteiger partial charge on any atom is 0.258 e. The van der Waals surface area contributed by atoms with Gasteiger partial charge in [0, 0.05) is 5.39 Å². The number of nitriles is 1. The highest BCUT2D eigenvalue weighted by molar-refractivity contribution is 5.80. The Hall–Kier alpha value is -4.04. The minimum absolute atomic E-state index is 0.206. The molecule has 0 aliphatic heterocycles. The molecule has 1 unspecified atom stereocenters. The van der Waals surface area contributed by atoms with Crippen molar-refractivity contribution in [3.63, 3.8) is 0 Å². The molecule has 1 aromatic heterocycles. The van der Waals surface area contributed by atoms with Gasteiger partial charge in [0.15, 0.2) is 6.61 Å². The van der Waals surface area contributed by atoms with Gasteiger partial charge in [-0.1, -0.05) is 60.7 Å². The summed E-state index contributed by atoms with van der Waals surface area (Å²) in [6.45, 7) is -0.206. The second-order valence-electron chi connectivity index (χ2n) is 6.49. The Bertz CT molecular complexity index is 1140. The average molecular weight is 382 g/mol. The second-order valence-corrected chi connectivity index (χ2v) is 6.49. The van der Waals surface area contributed by atoms with Crippen LogP contribution in [0.1, 0.15) is 22.9 Å². The lowest BCUT2D eigenvalue weighted by molar-refractivity contribution is -0.123.